The number of aryl methyl sites for hydroxylation is 1. The van der Waals surface area contributed by atoms with Crippen molar-refractivity contribution in [3.63, 3.8) is 0 Å². The van der Waals surface area contributed by atoms with Crippen LogP contribution < -0.4 is 10.2 Å². The summed E-state index contributed by atoms with van der Waals surface area (Å²) >= 11 is 0. The smallest absolute Gasteiger partial charge is 0.247 e. The summed E-state index contributed by atoms with van der Waals surface area (Å²) in [6, 6.07) is 8.96. The van der Waals surface area contributed by atoms with Crippen LogP contribution >= 0.6 is 0 Å². The van der Waals surface area contributed by atoms with Gasteiger partial charge in [0.05, 0.1) is 6.20 Å². The predicted octanol–water partition coefficient (Wildman–Crippen LogP) is 3.95. The van der Waals surface area contributed by atoms with Gasteiger partial charge in [0.2, 0.25) is 5.95 Å². The molecule has 5 nitrogen and oxygen atoms in total. The lowest BCUT2D eigenvalue weighted by Gasteiger charge is -2.34. The Morgan fingerprint density at radius 2 is 2.00 bits per heavy atom. The molecule has 0 aliphatic carbocycles. The maximum atomic E-state index is 4.67. The number of rotatable bonds is 5. The Hall–Kier alpha value is -2.17. The standard InChI is InChI=1S/C18H25N5/c1-3-14-8-10-15(11-9-14)20-17-13-19-22-18(21-17)23-12-6-5-7-16(23)4-2/h8-11,13,16H,3-7,12H2,1-2H3,(H,20,21,22). The van der Waals surface area contributed by atoms with Crippen molar-refractivity contribution in [1.29, 1.82) is 0 Å². The number of aromatic nitrogens is 3. The first-order chi connectivity index (χ1) is 11.3. The van der Waals surface area contributed by atoms with Crippen molar-refractivity contribution in [2.24, 2.45) is 0 Å². The Kier molecular flexibility index (Phi) is 5.05. The summed E-state index contributed by atoms with van der Waals surface area (Å²) in [7, 11) is 0. The highest BCUT2D eigenvalue weighted by Crippen LogP contribution is 2.24. The lowest BCUT2D eigenvalue weighted by atomic mass is 10.0. The molecule has 0 radical (unpaired) electrons. The average molecular weight is 311 g/mol. The minimum atomic E-state index is 0.532. The van der Waals surface area contributed by atoms with Crippen LogP contribution in [0.1, 0.15) is 45.1 Å². The van der Waals surface area contributed by atoms with Gasteiger partial charge in [-0.1, -0.05) is 26.0 Å². The highest BCUT2D eigenvalue weighted by atomic mass is 15.3. The van der Waals surface area contributed by atoms with Gasteiger partial charge in [-0.25, -0.2) is 0 Å². The van der Waals surface area contributed by atoms with E-state index < -0.39 is 0 Å². The van der Waals surface area contributed by atoms with Crippen LogP contribution in [0.5, 0.6) is 0 Å². The minimum Gasteiger partial charge on any atom is -0.339 e. The molecule has 1 saturated heterocycles. The van der Waals surface area contributed by atoms with Crippen LogP contribution in [0.25, 0.3) is 0 Å². The quantitative estimate of drug-likeness (QED) is 0.906. The van der Waals surface area contributed by atoms with Gasteiger partial charge in [-0.15, -0.1) is 5.10 Å². The summed E-state index contributed by atoms with van der Waals surface area (Å²) in [6.45, 7) is 5.41. The lowest BCUT2D eigenvalue weighted by molar-refractivity contribution is 0.442. The minimum absolute atomic E-state index is 0.532. The second-order valence-corrected chi connectivity index (χ2v) is 6.07. The van der Waals surface area contributed by atoms with Crippen LogP contribution in [0.15, 0.2) is 30.5 Å². The second-order valence-electron chi connectivity index (χ2n) is 6.07. The first kappa shape index (κ1) is 15.7. The Labute approximate surface area is 138 Å². The van der Waals surface area contributed by atoms with Gasteiger partial charge in [0.15, 0.2) is 5.82 Å². The van der Waals surface area contributed by atoms with Gasteiger partial charge >= 0.3 is 0 Å². The summed E-state index contributed by atoms with van der Waals surface area (Å²) in [6.07, 6.45) is 7.57. The molecule has 2 aromatic rings. The van der Waals surface area contributed by atoms with Crippen LogP contribution in [-0.2, 0) is 6.42 Å². The molecule has 122 valence electrons. The number of nitrogens with zero attached hydrogens (tertiary/aromatic N) is 4. The van der Waals surface area contributed by atoms with E-state index in [2.05, 4.69) is 63.5 Å². The Morgan fingerprint density at radius 3 is 2.74 bits per heavy atom. The number of nitrogens with one attached hydrogen (secondary N) is 1. The summed E-state index contributed by atoms with van der Waals surface area (Å²) in [5.74, 6) is 1.49. The van der Waals surface area contributed by atoms with Crippen molar-refractivity contribution in [1.82, 2.24) is 15.2 Å². The van der Waals surface area contributed by atoms with E-state index in [1.807, 2.05) is 0 Å². The zero-order valence-electron chi connectivity index (χ0n) is 14.0. The lowest BCUT2D eigenvalue weighted by Crippen LogP contribution is -2.40. The largest absolute Gasteiger partial charge is 0.339 e. The van der Waals surface area contributed by atoms with E-state index in [4.69, 9.17) is 0 Å². The number of benzene rings is 1. The van der Waals surface area contributed by atoms with E-state index in [0.717, 1.165) is 36.8 Å². The van der Waals surface area contributed by atoms with Gasteiger partial charge in [-0.3, -0.25) is 0 Å². The highest BCUT2D eigenvalue weighted by Gasteiger charge is 2.23. The van der Waals surface area contributed by atoms with E-state index in [1.54, 1.807) is 6.20 Å². The molecule has 1 N–H and O–H groups in total. The Balaban J connectivity index is 1.76. The van der Waals surface area contributed by atoms with Crippen molar-refractivity contribution < 1.29 is 0 Å². The maximum Gasteiger partial charge on any atom is 0.247 e. The van der Waals surface area contributed by atoms with Crippen LogP contribution in [0.2, 0.25) is 0 Å². The molecular weight excluding hydrogens is 286 g/mol. The molecule has 0 spiro atoms. The van der Waals surface area contributed by atoms with E-state index in [0.29, 0.717) is 6.04 Å². The molecule has 0 amide bonds. The second kappa shape index (κ2) is 7.40. The van der Waals surface area contributed by atoms with Crippen molar-refractivity contribution in [3.8, 4) is 0 Å². The van der Waals surface area contributed by atoms with Crippen molar-refractivity contribution in [3.05, 3.63) is 36.0 Å². The summed E-state index contributed by atoms with van der Waals surface area (Å²) < 4.78 is 0. The van der Waals surface area contributed by atoms with E-state index in [1.165, 1.54) is 24.8 Å². The van der Waals surface area contributed by atoms with Gasteiger partial charge in [0.1, 0.15) is 0 Å². The summed E-state index contributed by atoms with van der Waals surface area (Å²) in [5, 5.41) is 11.7. The van der Waals surface area contributed by atoms with E-state index >= 15 is 0 Å². The first-order valence-electron chi connectivity index (χ1n) is 8.62. The SMILES string of the molecule is CCc1ccc(Nc2cnnc(N3CCCCC3CC)n2)cc1. The summed E-state index contributed by atoms with van der Waals surface area (Å²) in [5.41, 5.74) is 2.36. The van der Waals surface area contributed by atoms with Gasteiger partial charge in [0.25, 0.3) is 0 Å². The van der Waals surface area contributed by atoms with Gasteiger partial charge in [0, 0.05) is 18.3 Å². The summed E-state index contributed by atoms with van der Waals surface area (Å²) in [4.78, 5) is 6.98. The first-order valence-corrected chi connectivity index (χ1v) is 8.62. The molecule has 1 aliphatic heterocycles. The maximum absolute atomic E-state index is 4.67. The zero-order valence-corrected chi connectivity index (χ0v) is 14.0. The molecule has 1 aromatic carbocycles. The van der Waals surface area contributed by atoms with Crippen LogP contribution in [0, 0.1) is 0 Å². The Morgan fingerprint density at radius 1 is 1.17 bits per heavy atom. The topological polar surface area (TPSA) is 53.9 Å². The van der Waals surface area contributed by atoms with Gasteiger partial charge < -0.3 is 10.2 Å². The molecule has 1 aliphatic rings. The molecular formula is C18H25N5. The van der Waals surface area contributed by atoms with Crippen LogP contribution in [0.3, 0.4) is 0 Å². The molecule has 0 saturated carbocycles. The highest BCUT2D eigenvalue weighted by molar-refractivity contribution is 5.56. The third-order valence-corrected chi connectivity index (χ3v) is 4.54. The molecule has 2 heterocycles. The van der Waals surface area contributed by atoms with Crippen LogP contribution in [-0.4, -0.2) is 27.8 Å². The van der Waals surface area contributed by atoms with Crippen molar-refractivity contribution in [2.45, 2.75) is 52.0 Å². The fourth-order valence-electron chi connectivity index (χ4n) is 3.14. The number of piperidine rings is 1. The zero-order chi connectivity index (χ0) is 16.1. The third kappa shape index (κ3) is 3.78. The fraction of sp³-hybridized carbons (Fsp3) is 0.500. The molecule has 5 heteroatoms. The number of hydrogen-bond donors (Lipinski definition) is 1. The normalized spacial score (nSPS) is 18.0. The molecule has 1 atom stereocenters. The molecule has 0 bridgehead atoms. The fourth-order valence-corrected chi connectivity index (χ4v) is 3.14. The molecule has 1 unspecified atom stereocenters. The van der Waals surface area contributed by atoms with Crippen molar-refractivity contribution in [2.75, 3.05) is 16.8 Å². The molecule has 1 aromatic heterocycles. The van der Waals surface area contributed by atoms with E-state index in [9.17, 15) is 0 Å². The van der Waals surface area contributed by atoms with Gasteiger partial charge in [-0.05, 0) is 49.8 Å². The predicted molar refractivity (Wildman–Crippen MR) is 94.2 cm³/mol. The van der Waals surface area contributed by atoms with Crippen LogP contribution in [0.4, 0.5) is 17.5 Å². The monoisotopic (exact) mass is 311 g/mol. The van der Waals surface area contributed by atoms with E-state index in [-0.39, 0.29) is 0 Å². The molecule has 1 fully saturated rings. The molecule has 23 heavy (non-hydrogen) atoms. The average Bonchev–Trinajstić information content (AvgIpc) is 2.62. The molecule has 3 rings (SSSR count). The third-order valence-electron chi connectivity index (χ3n) is 4.54. The van der Waals surface area contributed by atoms with Crippen molar-refractivity contribution >= 4 is 17.5 Å². The Bertz CT molecular complexity index is 626. The van der Waals surface area contributed by atoms with Gasteiger partial charge in [-0.2, -0.15) is 10.1 Å². The number of hydrogen-bond acceptors (Lipinski definition) is 5. The number of anilines is 3.